The van der Waals surface area contributed by atoms with Crippen molar-refractivity contribution in [2.45, 2.75) is 0 Å². The summed E-state index contributed by atoms with van der Waals surface area (Å²) in [7, 11) is 0. The molecule has 0 radical (unpaired) electrons. The first kappa shape index (κ1) is 38.8. The maximum atomic E-state index is 5.51. The van der Waals surface area contributed by atoms with Crippen molar-refractivity contribution in [2.24, 2.45) is 0 Å². The van der Waals surface area contributed by atoms with Crippen LogP contribution in [0.1, 0.15) is 0 Å². The van der Waals surface area contributed by atoms with Crippen LogP contribution < -0.4 is 0 Å². The second-order valence-electron chi connectivity index (χ2n) is 17.6. The van der Waals surface area contributed by atoms with Gasteiger partial charge in [-0.15, -0.1) is 0 Å². The molecule has 6 heteroatoms. The summed E-state index contributed by atoms with van der Waals surface area (Å²) in [5.41, 5.74) is 15.0. The van der Waals surface area contributed by atoms with E-state index in [4.69, 9.17) is 15.0 Å². The highest BCUT2D eigenvalue weighted by molar-refractivity contribution is 6.29. The summed E-state index contributed by atoms with van der Waals surface area (Å²) in [6.07, 6.45) is 0. The molecule has 4 aromatic heterocycles. The molecule has 10 aromatic carbocycles. The van der Waals surface area contributed by atoms with E-state index in [2.05, 4.69) is 244 Å². The monoisotopic (exact) mass is 880 g/mol. The zero-order valence-corrected chi connectivity index (χ0v) is 37.3. The zero-order chi connectivity index (χ0) is 45.4. The number of para-hydroxylation sites is 5. The standard InChI is InChI=1S/C63H40N6/c1-4-18-41(19-5-1)43-32-36-45(37-33-43)61-64-62(46-38-34-44(35-39-46)42-20-6-2-7-21-42)66-63(65-61)69-55-31-17-13-27-51(55)59-57(68-52-28-14-10-24-48(52)49-25-11-15-29-53(49)68)40-56-58(60(59)69)50-26-12-16-30-54(50)67(56)47-22-8-3-9-23-47/h1-40H. The Kier molecular flexibility index (Phi) is 8.79. The molecule has 0 fully saturated rings. The zero-order valence-electron chi connectivity index (χ0n) is 37.3. The molecule has 0 spiro atoms. The van der Waals surface area contributed by atoms with E-state index in [0.717, 1.165) is 99.4 Å². The summed E-state index contributed by atoms with van der Waals surface area (Å²) in [5, 5.41) is 6.89. The van der Waals surface area contributed by atoms with Gasteiger partial charge in [0.25, 0.3) is 0 Å². The van der Waals surface area contributed by atoms with Crippen molar-refractivity contribution in [3.8, 4) is 62.4 Å². The van der Waals surface area contributed by atoms with Crippen LogP contribution in [0.25, 0.3) is 128 Å². The van der Waals surface area contributed by atoms with E-state index in [9.17, 15) is 0 Å². The number of benzene rings is 10. The van der Waals surface area contributed by atoms with Crippen LogP contribution in [0.3, 0.4) is 0 Å². The average molecular weight is 881 g/mol. The molecule has 0 bridgehead atoms. The lowest BCUT2D eigenvalue weighted by Crippen LogP contribution is -2.07. The number of nitrogens with zero attached hydrogens (tertiary/aromatic N) is 6. The lowest BCUT2D eigenvalue weighted by molar-refractivity contribution is 0.955. The van der Waals surface area contributed by atoms with Gasteiger partial charge in [0.1, 0.15) is 0 Å². The molecule has 69 heavy (non-hydrogen) atoms. The number of hydrogen-bond acceptors (Lipinski definition) is 3. The molecule has 0 N–H and O–H groups in total. The predicted octanol–water partition coefficient (Wildman–Crippen LogP) is 15.8. The number of rotatable bonds is 7. The van der Waals surface area contributed by atoms with Gasteiger partial charge in [0.05, 0.1) is 38.8 Å². The second kappa shape index (κ2) is 15.6. The highest BCUT2D eigenvalue weighted by Gasteiger charge is 2.27. The smallest absolute Gasteiger partial charge is 0.238 e. The van der Waals surface area contributed by atoms with Crippen LogP contribution in [-0.4, -0.2) is 28.7 Å². The molecule has 0 unspecified atom stereocenters. The van der Waals surface area contributed by atoms with Gasteiger partial charge in [-0.1, -0.05) is 200 Å². The summed E-state index contributed by atoms with van der Waals surface area (Å²) in [4.78, 5) is 16.3. The normalized spacial score (nSPS) is 11.8. The summed E-state index contributed by atoms with van der Waals surface area (Å²) in [6, 6.07) is 86.2. The minimum absolute atomic E-state index is 0.540. The van der Waals surface area contributed by atoms with Gasteiger partial charge in [-0.3, -0.25) is 4.57 Å². The van der Waals surface area contributed by atoms with Gasteiger partial charge in [0.15, 0.2) is 11.6 Å². The lowest BCUT2D eigenvalue weighted by atomic mass is 10.0. The van der Waals surface area contributed by atoms with Crippen molar-refractivity contribution in [1.82, 2.24) is 28.7 Å². The quantitative estimate of drug-likeness (QED) is 0.160. The minimum Gasteiger partial charge on any atom is -0.309 e. The average Bonchev–Trinajstić information content (AvgIpc) is 4.07. The molecule has 0 aliphatic rings. The van der Waals surface area contributed by atoms with Gasteiger partial charge in [-0.25, -0.2) is 4.98 Å². The molecule has 0 aliphatic heterocycles. The van der Waals surface area contributed by atoms with E-state index >= 15 is 0 Å². The Bertz CT molecular complexity index is 4110. The lowest BCUT2D eigenvalue weighted by Gasteiger charge is -2.15. The van der Waals surface area contributed by atoms with Crippen molar-refractivity contribution in [3.63, 3.8) is 0 Å². The van der Waals surface area contributed by atoms with Crippen molar-refractivity contribution >= 4 is 65.4 Å². The van der Waals surface area contributed by atoms with Crippen molar-refractivity contribution in [2.75, 3.05) is 0 Å². The maximum absolute atomic E-state index is 5.51. The highest BCUT2D eigenvalue weighted by Crippen LogP contribution is 2.46. The van der Waals surface area contributed by atoms with Crippen LogP contribution in [0.2, 0.25) is 0 Å². The summed E-state index contributed by atoms with van der Waals surface area (Å²) in [6.45, 7) is 0. The van der Waals surface area contributed by atoms with E-state index < -0.39 is 0 Å². The predicted molar refractivity (Wildman–Crippen MR) is 285 cm³/mol. The van der Waals surface area contributed by atoms with E-state index in [0.29, 0.717) is 17.6 Å². The third kappa shape index (κ3) is 6.16. The molecule has 322 valence electrons. The molecule has 14 aromatic rings. The minimum atomic E-state index is 0.540. The fourth-order valence-corrected chi connectivity index (χ4v) is 10.6. The van der Waals surface area contributed by atoms with Crippen LogP contribution in [0.4, 0.5) is 0 Å². The van der Waals surface area contributed by atoms with E-state index in [1.54, 1.807) is 0 Å². The number of aromatic nitrogens is 6. The van der Waals surface area contributed by atoms with Crippen LogP contribution in [0.5, 0.6) is 0 Å². The molecule has 0 saturated heterocycles. The highest BCUT2D eigenvalue weighted by atomic mass is 15.2. The first-order valence-electron chi connectivity index (χ1n) is 23.4. The molecule has 0 saturated carbocycles. The van der Waals surface area contributed by atoms with E-state index in [1.807, 2.05) is 12.1 Å². The molecule has 0 amide bonds. The molecular formula is C63H40N6. The molecule has 6 nitrogen and oxygen atoms in total. The second-order valence-corrected chi connectivity index (χ2v) is 17.6. The van der Waals surface area contributed by atoms with Gasteiger partial charge >= 0.3 is 0 Å². The summed E-state index contributed by atoms with van der Waals surface area (Å²) >= 11 is 0. The fourth-order valence-electron chi connectivity index (χ4n) is 10.6. The maximum Gasteiger partial charge on any atom is 0.238 e. The van der Waals surface area contributed by atoms with Gasteiger partial charge in [0, 0.05) is 49.1 Å². The Morgan fingerprint density at radius 2 is 0.638 bits per heavy atom. The number of hydrogen-bond donors (Lipinski definition) is 0. The SMILES string of the molecule is c1ccc(-c2ccc(-c3nc(-c4ccc(-c5ccccc5)cc4)nc(-n4c5ccccc5c5c(-n6c7ccccc7c7ccccc76)cc6c(c7ccccc7n6-c6ccccc6)c54)n3)cc2)cc1. The van der Waals surface area contributed by atoms with Gasteiger partial charge in [-0.2, -0.15) is 9.97 Å². The van der Waals surface area contributed by atoms with Gasteiger partial charge < -0.3 is 9.13 Å². The Morgan fingerprint density at radius 3 is 1.14 bits per heavy atom. The Balaban J connectivity index is 1.12. The largest absolute Gasteiger partial charge is 0.309 e. The van der Waals surface area contributed by atoms with Crippen molar-refractivity contribution in [1.29, 1.82) is 0 Å². The Labute approximate surface area is 397 Å². The van der Waals surface area contributed by atoms with Gasteiger partial charge in [0.2, 0.25) is 5.95 Å². The Morgan fingerprint density at radius 1 is 0.261 bits per heavy atom. The summed E-state index contributed by atoms with van der Waals surface area (Å²) in [5.74, 6) is 1.72. The first-order chi connectivity index (χ1) is 34.2. The van der Waals surface area contributed by atoms with Gasteiger partial charge in [-0.05, 0) is 64.7 Å². The summed E-state index contributed by atoms with van der Waals surface area (Å²) < 4.78 is 7.18. The molecule has 4 heterocycles. The molecule has 14 rings (SSSR count). The molecule has 0 aliphatic carbocycles. The van der Waals surface area contributed by atoms with Crippen molar-refractivity contribution < 1.29 is 0 Å². The molecule has 0 atom stereocenters. The molecular weight excluding hydrogens is 841 g/mol. The van der Waals surface area contributed by atoms with E-state index in [-0.39, 0.29) is 0 Å². The van der Waals surface area contributed by atoms with Crippen molar-refractivity contribution in [3.05, 3.63) is 243 Å². The third-order valence-electron chi connectivity index (χ3n) is 13.7. The Hall–Kier alpha value is -9.39. The van der Waals surface area contributed by atoms with Crippen LogP contribution in [-0.2, 0) is 0 Å². The fraction of sp³-hybridized carbons (Fsp3) is 0. The van der Waals surface area contributed by atoms with Crippen LogP contribution in [0, 0.1) is 0 Å². The third-order valence-corrected chi connectivity index (χ3v) is 13.7. The first-order valence-corrected chi connectivity index (χ1v) is 23.4. The number of fused-ring (bicyclic) bond motifs is 10. The topological polar surface area (TPSA) is 53.5 Å². The van der Waals surface area contributed by atoms with Crippen LogP contribution in [0.15, 0.2) is 243 Å². The van der Waals surface area contributed by atoms with Crippen LogP contribution >= 0.6 is 0 Å². The van der Waals surface area contributed by atoms with E-state index in [1.165, 1.54) is 10.8 Å².